The number of carbonyl (C=O) groups is 4. The van der Waals surface area contributed by atoms with Crippen molar-refractivity contribution < 1.29 is 38.9 Å². The van der Waals surface area contributed by atoms with Crippen LogP contribution in [0.15, 0.2) is 0 Å². The lowest BCUT2D eigenvalue weighted by Gasteiger charge is -2.16. The van der Waals surface area contributed by atoms with Gasteiger partial charge in [-0.15, -0.1) is 0 Å². The molecule has 0 aliphatic rings. The highest BCUT2D eigenvalue weighted by Crippen LogP contribution is 2.01. The third-order valence-electron chi connectivity index (χ3n) is 2.56. The standard InChI is InChI=1S/C7H13NO4.C5H11NO2.C2H3ClO2.2H2S/c1-4(2)5(6(9)10)8-7(11)12-3;1-3(2)4(6)5(7)8;1-5-2(3)4;;/h4-5H,1-3H3,(H,8,11)(H,9,10);3-4H,6H2,1-2H3,(H,7,8);1H3;2*1H2/t5-;4-;;;/m00.../s1. The number of hydrogen-bond acceptors (Lipinski definition) is 7. The molecule has 164 valence electrons. The number of halogens is 1. The number of hydrogen-bond donors (Lipinski definition) is 4. The van der Waals surface area contributed by atoms with Gasteiger partial charge in [0.2, 0.25) is 0 Å². The maximum absolute atomic E-state index is 10.6. The highest BCUT2D eigenvalue weighted by Gasteiger charge is 2.23. The van der Waals surface area contributed by atoms with Crippen LogP contribution in [-0.2, 0) is 19.1 Å². The molecule has 0 aliphatic carbocycles. The van der Waals surface area contributed by atoms with Crippen molar-refractivity contribution in [2.75, 3.05) is 14.2 Å². The van der Waals surface area contributed by atoms with Crippen LogP contribution in [0.3, 0.4) is 0 Å². The van der Waals surface area contributed by atoms with Gasteiger partial charge < -0.3 is 30.7 Å². The Labute approximate surface area is 178 Å². The molecule has 0 spiro atoms. The fourth-order valence-electron chi connectivity index (χ4n) is 0.985. The Morgan fingerprint density at radius 3 is 1.37 bits per heavy atom. The first-order valence-electron chi connectivity index (χ1n) is 7.10. The molecule has 5 N–H and O–H groups in total. The Kier molecular flexibility index (Phi) is 28.3. The van der Waals surface area contributed by atoms with E-state index in [0.717, 1.165) is 0 Å². The number of methoxy groups -OCH3 is 2. The van der Waals surface area contributed by atoms with Crippen molar-refractivity contribution in [3.8, 4) is 0 Å². The first-order valence-corrected chi connectivity index (χ1v) is 7.48. The number of carboxylic acid groups (broad SMARTS) is 2. The van der Waals surface area contributed by atoms with E-state index in [1.165, 1.54) is 14.2 Å². The molecule has 0 saturated heterocycles. The smallest absolute Gasteiger partial charge is 0.407 e. The van der Waals surface area contributed by atoms with E-state index in [2.05, 4.69) is 26.4 Å². The molecular weight excluding hydrogens is 424 g/mol. The maximum Gasteiger partial charge on any atom is 0.407 e. The Morgan fingerprint density at radius 2 is 1.26 bits per heavy atom. The van der Waals surface area contributed by atoms with Crippen LogP contribution in [0.4, 0.5) is 9.59 Å². The summed E-state index contributed by atoms with van der Waals surface area (Å²) in [6.45, 7) is 6.96. The molecule has 0 aliphatic heterocycles. The molecule has 0 saturated carbocycles. The summed E-state index contributed by atoms with van der Waals surface area (Å²) in [7, 11) is 2.41. The van der Waals surface area contributed by atoms with E-state index in [0.29, 0.717) is 0 Å². The summed E-state index contributed by atoms with van der Waals surface area (Å²) in [5, 5.41) is 19.1. The summed E-state index contributed by atoms with van der Waals surface area (Å²) >= 11 is 4.60. The predicted octanol–water partition coefficient (Wildman–Crippen LogP) is 1.72. The second-order valence-electron chi connectivity index (χ2n) is 5.25. The van der Waals surface area contributed by atoms with Crippen molar-refractivity contribution in [2.24, 2.45) is 17.6 Å². The number of carbonyl (C=O) groups excluding carboxylic acids is 2. The van der Waals surface area contributed by atoms with Gasteiger partial charge in [0.15, 0.2) is 0 Å². The zero-order chi connectivity index (χ0) is 20.7. The van der Waals surface area contributed by atoms with Crippen LogP contribution < -0.4 is 11.1 Å². The van der Waals surface area contributed by atoms with E-state index < -0.39 is 35.5 Å². The van der Waals surface area contributed by atoms with Gasteiger partial charge in [0, 0.05) is 11.6 Å². The molecule has 0 aromatic rings. The van der Waals surface area contributed by atoms with Gasteiger partial charge in [0.25, 0.3) is 0 Å². The van der Waals surface area contributed by atoms with Crippen molar-refractivity contribution in [3.63, 3.8) is 0 Å². The zero-order valence-electron chi connectivity index (χ0n) is 16.1. The number of carboxylic acids is 2. The van der Waals surface area contributed by atoms with Gasteiger partial charge in [-0.25, -0.2) is 14.4 Å². The van der Waals surface area contributed by atoms with E-state index >= 15 is 0 Å². The second-order valence-corrected chi connectivity index (χ2v) is 5.55. The number of rotatable bonds is 5. The largest absolute Gasteiger partial charge is 0.480 e. The first-order chi connectivity index (χ1) is 11.3. The predicted molar refractivity (Wildman–Crippen MR) is 111 cm³/mol. The quantitative estimate of drug-likeness (QED) is 0.452. The van der Waals surface area contributed by atoms with E-state index in [-0.39, 0.29) is 38.8 Å². The average Bonchev–Trinajstić information content (AvgIpc) is 2.51. The minimum absolute atomic E-state index is 0. The van der Waals surface area contributed by atoms with Crippen LogP contribution in [0.5, 0.6) is 0 Å². The van der Waals surface area contributed by atoms with Crippen molar-refractivity contribution in [1.82, 2.24) is 5.32 Å². The lowest BCUT2D eigenvalue weighted by atomic mass is 10.1. The molecule has 27 heavy (non-hydrogen) atoms. The topological polar surface area (TPSA) is 165 Å². The summed E-state index contributed by atoms with van der Waals surface area (Å²) in [5.74, 6) is -2.13. The maximum atomic E-state index is 10.6. The van der Waals surface area contributed by atoms with Crippen LogP contribution in [-0.4, -0.2) is 60.0 Å². The lowest BCUT2D eigenvalue weighted by molar-refractivity contribution is -0.141. The molecule has 0 unspecified atom stereocenters. The Hall–Kier alpha value is -1.37. The molecular formula is C14H31ClN2O8S2. The minimum atomic E-state index is -1.06. The second kappa shape index (κ2) is 20.9. The van der Waals surface area contributed by atoms with Crippen LogP contribution in [0.25, 0.3) is 0 Å². The van der Waals surface area contributed by atoms with Crippen LogP contribution in [0, 0.1) is 11.8 Å². The number of amides is 1. The van der Waals surface area contributed by atoms with Crippen molar-refractivity contribution >= 4 is 62.1 Å². The molecule has 0 rings (SSSR count). The van der Waals surface area contributed by atoms with Crippen LogP contribution >= 0.6 is 38.6 Å². The van der Waals surface area contributed by atoms with Crippen molar-refractivity contribution in [1.29, 1.82) is 0 Å². The average molecular weight is 455 g/mol. The molecule has 0 radical (unpaired) electrons. The van der Waals surface area contributed by atoms with Gasteiger partial charge in [-0.2, -0.15) is 27.0 Å². The summed E-state index contributed by atoms with van der Waals surface area (Å²) in [6, 6.07) is -1.60. The van der Waals surface area contributed by atoms with Crippen molar-refractivity contribution in [2.45, 2.75) is 39.8 Å². The molecule has 10 nitrogen and oxygen atoms in total. The number of alkyl carbamates (subject to hydrolysis) is 1. The molecule has 0 fully saturated rings. The van der Waals surface area contributed by atoms with Gasteiger partial charge in [0.05, 0.1) is 14.2 Å². The Bertz CT molecular complexity index is 439. The molecule has 0 aromatic heterocycles. The zero-order valence-corrected chi connectivity index (χ0v) is 18.9. The first kappa shape index (κ1) is 36.5. The summed E-state index contributed by atoms with van der Waals surface area (Å²) < 4.78 is 8.14. The van der Waals surface area contributed by atoms with E-state index in [9.17, 15) is 19.2 Å². The Balaban J connectivity index is -0.0000000941. The normalized spacial score (nSPS) is 10.9. The summed E-state index contributed by atoms with van der Waals surface area (Å²) in [5.41, 5.74) is 4.39. The van der Waals surface area contributed by atoms with Gasteiger partial charge >= 0.3 is 23.5 Å². The molecule has 1 amide bonds. The third-order valence-corrected chi connectivity index (χ3v) is 2.71. The van der Waals surface area contributed by atoms with E-state index in [4.69, 9.17) is 15.9 Å². The highest BCUT2D eigenvalue weighted by molar-refractivity contribution is 7.59. The van der Waals surface area contributed by atoms with Gasteiger partial charge in [-0.1, -0.05) is 27.7 Å². The Morgan fingerprint density at radius 1 is 0.889 bits per heavy atom. The molecule has 13 heteroatoms. The third kappa shape index (κ3) is 24.6. The fraction of sp³-hybridized carbons (Fsp3) is 0.714. The van der Waals surface area contributed by atoms with Gasteiger partial charge in [-0.3, -0.25) is 4.79 Å². The highest BCUT2D eigenvalue weighted by atomic mass is 35.5. The summed E-state index contributed by atoms with van der Waals surface area (Å²) in [6.07, 6.45) is -0.726. The fourth-order valence-corrected chi connectivity index (χ4v) is 0.985. The van der Waals surface area contributed by atoms with Gasteiger partial charge in [0.1, 0.15) is 12.1 Å². The molecule has 2 atom stereocenters. The van der Waals surface area contributed by atoms with E-state index in [1.54, 1.807) is 27.7 Å². The number of nitrogens with one attached hydrogen (secondary N) is 1. The van der Waals surface area contributed by atoms with Crippen LogP contribution in [0.1, 0.15) is 27.7 Å². The minimum Gasteiger partial charge on any atom is -0.480 e. The van der Waals surface area contributed by atoms with Gasteiger partial charge in [-0.05, 0) is 11.8 Å². The molecule has 0 heterocycles. The van der Waals surface area contributed by atoms with Crippen molar-refractivity contribution in [3.05, 3.63) is 0 Å². The number of ether oxygens (including phenoxy) is 2. The summed E-state index contributed by atoms with van der Waals surface area (Å²) in [4.78, 5) is 40.5. The number of nitrogens with two attached hydrogens (primary N) is 1. The SMILES string of the molecule is CC(C)[C@H](N)C(=O)O.COC(=O)Cl.COC(=O)N[C@H](C(=O)O)C(C)C.S.S. The molecule has 0 bridgehead atoms. The number of aliphatic carboxylic acids is 2. The molecule has 0 aromatic carbocycles. The van der Waals surface area contributed by atoms with Crippen LogP contribution in [0.2, 0.25) is 0 Å². The van der Waals surface area contributed by atoms with E-state index in [1.807, 2.05) is 0 Å². The monoisotopic (exact) mass is 454 g/mol. The lowest BCUT2D eigenvalue weighted by Crippen LogP contribution is -2.44.